The highest BCUT2D eigenvalue weighted by molar-refractivity contribution is 6.07. The van der Waals surface area contributed by atoms with Gasteiger partial charge < -0.3 is 34.6 Å². The molecule has 0 radical (unpaired) electrons. The van der Waals surface area contributed by atoms with Crippen molar-refractivity contribution in [2.24, 2.45) is 20.0 Å². The minimum absolute atomic E-state index is 0.0840. The molecule has 3 aromatic heterocycles. The second kappa shape index (κ2) is 13.8. The monoisotopic (exact) mass is 553 g/mol. The third kappa shape index (κ3) is 8.17. The van der Waals surface area contributed by atoms with Crippen LogP contribution in [0.1, 0.15) is 58.2 Å². The molecule has 3 rings (SSSR count). The number of hydrogen-bond donors (Lipinski definition) is 4. The van der Waals surface area contributed by atoms with E-state index in [0.717, 1.165) is 19.4 Å². The SMILES string of the molecule is CC(C)CCn1cc(NC(=O)c2cc(NC=O)cn2C)cc1C(=O)Nc1cc(C(=O)[NH2+]CCCN(C)C)n(C)c1. The van der Waals surface area contributed by atoms with E-state index in [0.29, 0.717) is 59.6 Å². The van der Waals surface area contributed by atoms with Crippen LogP contribution < -0.4 is 21.3 Å². The highest BCUT2D eigenvalue weighted by Gasteiger charge is 2.20. The number of primary amides is 1. The summed E-state index contributed by atoms with van der Waals surface area (Å²) in [6.07, 6.45) is 7.37. The number of hydrogen-bond acceptors (Lipinski definition) is 5. The van der Waals surface area contributed by atoms with Gasteiger partial charge in [0.1, 0.15) is 17.1 Å². The van der Waals surface area contributed by atoms with E-state index < -0.39 is 0 Å². The highest BCUT2D eigenvalue weighted by Crippen LogP contribution is 2.21. The summed E-state index contributed by atoms with van der Waals surface area (Å²) in [5.41, 5.74) is 2.72. The largest absolute Gasteiger partial charge is 0.359 e. The standard InChI is InChI=1S/C28H40N8O4/c1-19(2)8-11-36-17-22(32-27(39)24-12-20(30-18-37)15-34(24)5)14-25(36)28(40)31-21-13-23(35(6)16-21)26(38)29-9-7-10-33(3)4/h12-19H,7-11H2,1-6H3,(H,29,38)(H,30,37)(H,31,40)(H,32,39)/p+1. The van der Waals surface area contributed by atoms with E-state index >= 15 is 0 Å². The van der Waals surface area contributed by atoms with Gasteiger partial charge in [0.05, 0.1) is 23.6 Å². The summed E-state index contributed by atoms with van der Waals surface area (Å²) < 4.78 is 5.14. The molecule has 0 unspecified atom stereocenters. The molecular weight excluding hydrogens is 512 g/mol. The van der Waals surface area contributed by atoms with E-state index in [1.807, 2.05) is 18.7 Å². The second-order valence-electron chi connectivity index (χ2n) is 10.6. The van der Waals surface area contributed by atoms with Crippen molar-refractivity contribution in [1.29, 1.82) is 0 Å². The van der Waals surface area contributed by atoms with Gasteiger partial charge in [-0.25, -0.2) is 4.79 Å². The van der Waals surface area contributed by atoms with Crippen LogP contribution in [0.4, 0.5) is 17.1 Å². The quantitative estimate of drug-likeness (QED) is 0.179. The van der Waals surface area contributed by atoms with E-state index in [1.165, 1.54) is 0 Å². The van der Waals surface area contributed by atoms with Gasteiger partial charge in [0.25, 0.3) is 11.8 Å². The number of rotatable bonds is 14. The van der Waals surface area contributed by atoms with Crippen molar-refractivity contribution in [3.8, 4) is 0 Å². The van der Waals surface area contributed by atoms with Crippen LogP contribution in [0, 0.1) is 5.92 Å². The number of amides is 4. The van der Waals surface area contributed by atoms with Gasteiger partial charge in [-0.2, -0.15) is 0 Å². The predicted octanol–water partition coefficient (Wildman–Crippen LogP) is 1.94. The minimum atomic E-state index is -0.373. The van der Waals surface area contributed by atoms with Crippen molar-refractivity contribution in [2.75, 3.05) is 43.1 Å². The van der Waals surface area contributed by atoms with E-state index in [2.05, 4.69) is 34.7 Å². The number of nitrogens with one attached hydrogen (secondary N) is 3. The van der Waals surface area contributed by atoms with Crippen LogP contribution in [-0.2, 0) is 25.4 Å². The van der Waals surface area contributed by atoms with Crippen LogP contribution in [-0.4, -0.2) is 69.9 Å². The second-order valence-corrected chi connectivity index (χ2v) is 10.6. The maximum absolute atomic E-state index is 13.3. The Labute approximate surface area is 234 Å². The average Bonchev–Trinajstić information content (AvgIpc) is 3.56. The molecule has 4 amide bonds. The highest BCUT2D eigenvalue weighted by atomic mass is 16.2. The molecule has 0 aliphatic heterocycles. The van der Waals surface area contributed by atoms with Crippen molar-refractivity contribution >= 4 is 41.2 Å². The number of aryl methyl sites for hydroxylation is 3. The van der Waals surface area contributed by atoms with Gasteiger partial charge in [0, 0.05) is 52.2 Å². The molecule has 0 bridgehead atoms. The third-order valence-corrected chi connectivity index (χ3v) is 6.45. The number of nitrogens with zero attached hydrogens (tertiary/aromatic N) is 4. The summed E-state index contributed by atoms with van der Waals surface area (Å²) in [5.74, 6) is -0.387. The lowest BCUT2D eigenvalue weighted by Crippen LogP contribution is -2.88. The van der Waals surface area contributed by atoms with Gasteiger partial charge in [-0.1, -0.05) is 13.8 Å². The lowest BCUT2D eigenvalue weighted by molar-refractivity contribution is -0.555. The van der Waals surface area contributed by atoms with E-state index in [9.17, 15) is 19.2 Å². The molecule has 0 aliphatic carbocycles. The minimum Gasteiger partial charge on any atom is -0.344 e. The number of nitrogens with two attached hydrogens (primary N) is 1. The number of quaternary nitrogens is 1. The van der Waals surface area contributed by atoms with Gasteiger partial charge in [-0.05, 0) is 44.6 Å². The number of carbonyl (C=O) groups excluding carboxylic acids is 4. The molecule has 3 heterocycles. The molecule has 0 saturated heterocycles. The Morgan fingerprint density at radius 2 is 1.48 bits per heavy atom. The smallest absolute Gasteiger partial charge is 0.344 e. The Morgan fingerprint density at radius 1 is 0.900 bits per heavy atom. The molecule has 216 valence electrons. The molecule has 0 aliphatic rings. The Hall–Kier alpha value is -4.16. The fraction of sp³-hybridized carbons (Fsp3) is 0.429. The van der Waals surface area contributed by atoms with Crippen molar-refractivity contribution in [1.82, 2.24) is 18.6 Å². The maximum Gasteiger partial charge on any atom is 0.359 e. The third-order valence-electron chi connectivity index (χ3n) is 6.45. The lowest BCUT2D eigenvalue weighted by atomic mass is 10.1. The van der Waals surface area contributed by atoms with Crippen LogP contribution in [0.2, 0.25) is 0 Å². The van der Waals surface area contributed by atoms with E-state index in [4.69, 9.17) is 0 Å². The fourth-order valence-corrected chi connectivity index (χ4v) is 4.30. The van der Waals surface area contributed by atoms with Crippen molar-refractivity contribution in [3.05, 3.63) is 53.9 Å². The molecule has 0 fully saturated rings. The molecule has 3 aromatic rings. The Balaban J connectivity index is 1.74. The Bertz CT molecular complexity index is 1350. The molecule has 0 aromatic carbocycles. The van der Waals surface area contributed by atoms with Crippen molar-refractivity contribution < 1.29 is 24.5 Å². The molecule has 0 spiro atoms. The summed E-state index contributed by atoms with van der Waals surface area (Å²) in [6.45, 7) is 6.38. The van der Waals surface area contributed by atoms with Crippen LogP contribution in [0.5, 0.6) is 0 Å². The summed E-state index contributed by atoms with van der Waals surface area (Å²) in [5, 5.41) is 9.96. The van der Waals surface area contributed by atoms with Crippen LogP contribution in [0.3, 0.4) is 0 Å². The lowest BCUT2D eigenvalue weighted by Gasteiger charge is -2.10. The van der Waals surface area contributed by atoms with Gasteiger partial charge in [0.15, 0.2) is 0 Å². The first-order valence-corrected chi connectivity index (χ1v) is 13.4. The zero-order valence-electron chi connectivity index (χ0n) is 24.2. The van der Waals surface area contributed by atoms with Gasteiger partial charge in [-0.3, -0.25) is 19.7 Å². The summed E-state index contributed by atoms with van der Waals surface area (Å²) in [4.78, 5) is 51.8. The molecular formula is C28H41N8O4+. The maximum atomic E-state index is 13.3. The van der Waals surface area contributed by atoms with Crippen molar-refractivity contribution in [3.63, 3.8) is 0 Å². The van der Waals surface area contributed by atoms with Gasteiger partial charge in [0.2, 0.25) is 6.41 Å². The molecule has 12 nitrogen and oxygen atoms in total. The summed E-state index contributed by atoms with van der Waals surface area (Å²) in [7, 11) is 7.47. The van der Waals surface area contributed by atoms with Crippen molar-refractivity contribution in [2.45, 2.75) is 33.2 Å². The van der Waals surface area contributed by atoms with E-state index in [1.54, 1.807) is 65.3 Å². The fourth-order valence-electron chi connectivity index (χ4n) is 4.30. The van der Waals surface area contributed by atoms with Gasteiger partial charge >= 0.3 is 5.91 Å². The first-order valence-electron chi connectivity index (χ1n) is 13.4. The Kier molecular flexibility index (Phi) is 10.5. The molecule has 40 heavy (non-hydrogen) atoms. The first-order chi connectivity index (χ1) is 19.0. The molecule has 5 N–H and O–H groups in total. The Morgan fingerprint density at radius 3 is 2.12 bits per heavy atom. The number of carbonyl (C=O) groups is 4. The molecule has 0 saturated carbocycles. The van der Waals surface area contributed by atoms with Gasteiger partial charge in [-0.15, -0.1) is 0 Å². The van der Waals surface area contributed by atoms with E-state index in [-0.39, 0.29) is 17.7 Å². The molecule has 0 atom stereocenters. The average molecular weight is 554 g/mol. The number of anilines is 3. The zero-order valence-corrected chi connectivity index (χ0v) is 24.2. The summed E-state index contributed by atoms with van der Waals surface area (Å²) in [6, 6.07) is 4.88. The predicted molar refractivity (Wildman–Crippen MR) is 155 cm³/mol. The summed E-state index contributed by atoms with van der Waals surface area (Å²) >= 11 is 0. The topological polar surface area (TPSA) is 139 Å². The molecule has 12 heteroatoms. The number of aromatic nitrogens is 3. The van der Waals surface area contributed by atoms with Crippen LogP contribution in [0.15, 0.2) is 36.8 Å². The van der Waals surface area contributed by atoms with Crippen LogP contribution >= 0.6 is 0 Å². The zero-order chi connectivity index (χ0) is 29.4. The van der Waals surface area contributed by atoms with Crippen LogP contribution in [0.25, 0.3) is 0 Å². The first kappa shape index (κ1) is 30.4. The normalized spacial score (nSPS) is 11.2.